The second-order valence-corrected chi connectivity index (χ2v) is 8.27. The monoisotopic (exact) mass is 401 g/mol. The Kier molecular flexibility index (Phi) is 5.50. The smallest absolute Gasteiger partial charge is 0.252 e. The molecule has 0 bridgehead atoms. The number of H-pyrrole nitrogens is 1. The van der Waals surface area contributed by atoms with Crippen molar-refractivity contribution in [2.45, 2.75) is 39.5 Å². The molecule has 0 spiro atoms. The number of nitrogens with one attached hydrogen (secondary N) is 1. The Hall–Kier alpha value is -3.26. The molecule has 1 aromatic heterocycles. The minimum absolute atomic E-state index is 0.0352. The molecular formula is C25H27N3O2. The second-order valence-electron chi connectivity index (χ2n) is 8.27. The maximum atomic E-state index is 13.1. The number of rotatable bonds is 5. The molecule has 0 radical (unpaired) electrons. The van der Waals surface area contributed by atoms with Crippen molar-refractivity contribution in [2.75, 3.05) is 24.6 Å². The summed E-state index contributed by atoms with van der Waals surface area (Å²) < 4.78 is 5.96. The predicted molar refractivity (Wildman–Crippen MR) is 121 cm³/mol. The van der Waals surface area contributed by atoms with Gasteiger partial charge in [-0.15, -0.1) is 0 Å². The summed E-state index contributed by atoms with van der Waals surface area (Å²) in [5.74, 6) is 1.02. The topological polar surface area (TPSA) is 69.1 Å². The lowest BCUT2D eigenvalue weighted by Gasteiger charge is -2.31. The van der Waals surface area contributed by atoms with Gasteiger partial charge in [-0.05, 0) is 36.1 Å². The van der Waals surface area contributed by atoms with Crippen LogP contribution in [0, 0.1) is 18.3 Å². The zero-order valence-corrected chi connectivity index (χ0v) is 17.8. The van der Waals surface area contributed by atoms with Crippen molar-refractivity contribution in [2.24, 2.45) is 0 Å². The maximum Gasteiger partial charge on any atom is 0.252 e. The minimum Gasteiger partial charge on any atom is -0.490 e. The van der Waals surface area contributed by atoms with Gasteiger partial charge in [0.1, 0.15) is 12.4 Å². The van der Waals surface area contributed by atoms with Crippen LogP contribution in [0.4, 0.5) is 5.69 Å². The molecule has 1 aliphatic heterocycles. The Balaban J connectivity index is 1.86. The first-order valence-corrected chi connectivity index (χ1v) is 10.5. The van der Waals surface area contributed by atoms with Gasteiger partial charge in [0.25, 0.3) is 5.56 Å². The van der Waals surface area contributed by atoms with Gasteiger partial charge in [0.15, 0.2) is 0 Å². The van der Waals surface area contributed by atoms with Crippen molar-refractivity contribution in [1.29, 1.82) is 5.26 Å². The summed E-state index contributed by atoms with van der Waals surface area (Å²) in [6.45, 7) is 8.33. The fourth-order valence-electron chi connectivity index (χ4n) is 4.29. The number of benzene rings is 2. The Morgan fingerprint density at radius 1 is 1.23 bits per heavy atom. The minimum atomic E-state index is -0.0352. The van der Waals surface area contributed by atoms with Crippen LogP contribution >= 0.6 is 0 Å². The molecule has 0 aliphatic carbocycles. The van der Waals surface area contributed by atoms with E-state index in [9.17, 15) is 4.79 Å². The number of aromatic amines is 1. The van der Waals surface area contributed by atoms with Gasteiger partial charge in [0.2, 0.25) is 0 Å². The first-order valence-electron chi connectivity index (χ1n) is 10.5. The number of aromatic nitrogens is 1. The van der Waals surface area contributed by atoms with E-state index < -0.39 is 0 Å². The Bertz CT molecular complexity index is 1170. The van der Waals surface area contributed by atoms with E-state index in [-0.39, 0.29) is 11.5 Å². The number of ether oxygens (including phenoxy) is 1. The Labute approximate surface area is 176 Å². The molecule has 30 heavy (non-hydrogen) atoms. The highest BCUT2D eigenvalue weighted by molar-refractivity contribution is 5.90. The van der Waals surface area contributed by atoms with Gasteiger partial charge in [0, 0.05) is 23.9 Å². The maximum absolute atomic E-state index is 13.1. The third kappa shape index (κ3) is 3.78. The van der Waals surface area contributed by atoms with Crippen LogP contribution in [0.5, 0.6) is 5.75 Å². The quantitative estimate of drug-likeness (QED) is 0.675. The summed E-state index contributed by atoms with van der Waals surface area (Å²) >= 11 is 0. The van der Waals surface area contributed by atoms with Crippen LogP contribution in [0.25, 0.3) is 10.9 Å². The van der Waals surface area contributed by atoms with Gasteiger partial charge in [-0.2, -0.15) is 5.26 Å². The van der Waals surface area contributed by atoms with E-state index in [1.54, 1.807) is 0 Å². The normalized spacial score (nSPS) is 13.2. The number of aryl methyl sites for hydroxylation is 1. The van der Waals surface area contributed by atoms with Crippen LogP contribution < -0.4 is 15.2 Å². The highest BCUT2D eigenvalue weighted by Crippen LogP contribution is 2.38. The van der Waals surface area contributed by atoms with E-state index in [1.807, 2.05) is 6.07 Å². The molecule has 5 nitrogen and oxygen atoms in total. The van der Waals surface area contributed by atoms with Crippen molar-refractivity contribution < 1.29 is 4.74 Å². The zero-order chi connectivity index (χ0) is 21.3. The summed E-state index contributed by atoms with van der Waals surface area (Å²) in [6.07, 6.45) is 1.06. The summed E-state index contributed by atoms with van der Waals surface area (Å²) in [7, 11) is 0. The van der Waals surface area contributed by atoms with Crippen LogP contribution in [0.2, 0.25) is 0 Å². The van der Waals surface area contributed by atoms with Crippen LogP contribution in [0.15, 0.2) is 41.2 Å². The molecule has 2 aromatic carbocycles. The average molecular weight is 402 g/mol. The highest BCUT2D eigenvalue weighted by Gasteiger charge is 2.22. The van der Waals surface area contributed by atoms with E-state index in [1.165, 1.54) is 5.56 Å². The largest absolute Gasteiger partial charge is 0.490 e. The van der Waals surface area contributed by atoms with Gasteiger partial charge in [-0.1, -0.05) is 43.7 Å². The highest BCUT2D eigenvalue weighted by atomic mass is 16.5. The van der Waals surface area contributed by atoms with Gasteiger partial charge in [-0.3, -0.25) is 4.79 Å². The summed E-state index contributed by atoms with van der Waals surface area (Å²) in [5, 5.41) is 10.00. The summed E-state index contributed by atoms with van der Waals surface area (Å²) in [5.41, 5.74) is 5.97. The lowest BCUT2D eigenvalue weighted by Crippen LogP contribution is -2.33. The van der Waals surface area contributed by atoms with Gasteiger partial charge in [-0.25, -0.2) is 0 Å². The standard InChI is InChI=1S/C25H27N3O2/c1-16(2)24-19-14-23-22(28(10-4-9-26)11-12-30-23)15-21(19)27-25(29)20(24)13-18-7-5-17(3)6-8-18/h5-8,14-16H,4,10-13H2,1-3H3,(H,27,29). The Morgan fingerprint density at radius 2 is 2.00 bits per heavy atom. The SMILES string of the molecule is Cc1ccc(Cc2c(C(C)C)c3cc4c(cc3[nH]c2=O)N(CCC#N)CCO4)cc1. The number of hydrogen-bond acceptors (Lipinski definition) is 4. The number of fused-ring (bicyclic) bond motifs is 2. The molecule has 0 amide bonds. The van der Waals surface area contributed by atoms with Crippen LogP contribution in [-0.2, 0) is 6.42 Å². The van der Waals surface area contributed by atoms with Crippen molar-refractivity contribution in [1.82, 2.24) is 4.98 Å². The molecule has 0 unspecified atom stereocenters. The molecule has 0 saturated carbocycles. The predicted octanol–water partition coefficient (Wildman–Crippen LogP) is 4.66. The van der Waals surface area contributed by atoms with E-state index in [2.05, 4.69) is 67.1 Å². The van der Waals surface area contributed by atoms with E-state index in [0.717, 1.165) is 45.6 Å². The summed E-state index contributed by atoms with van der Waals surface area (Å²) in [4.78, 5) is 18.4. The van der Waals surface area contributed by atoms with Crippen LogP contribution in [-0.4, -0.2) is 24.7 Å². The Morgan fingerprint density at radius 3 is 2.70 bits per heavy atom. The third-order valence-corrected chi connectivity index (χ3v) is 5.77. The van der Waals surface area contributed by atoms with Gasteiger partial charge in [0.05, 0.1) is 30.2 Å². The molecular weight excluding hydrogens is 374 g/mol. The van der Waals surface area contributed by atoms with Crippen molar-refractivity contribution in [3.8, 4) is 11.8 Å². The molecule has 3 aromatic rings. The van der Waals surface area contributed by atoms with Crippen molar-refractivity contribution in [3.63, 3.8) is 0 Å². The van der Waals surface area contributed by atoms with Gasteiger partial charge >= 0.3 is 0 Å². The molecule has 4 rings (SSSR count). The second kappa shape index (κ2) is 8.23. The van der Waals surface area contributed by atoms with E-state index in [0.29, 0.717) is 26.0 Å². The van der Waals surface area contributed by atoms with Crippen LogP contribution in [0.3, 0.4) is 0 Å². The molecule has 0 atom stereocenters. The average Bonchev–Trinajstić information content (AvgIpc) is 2.72. The fraction of sp³-hybridized carbons (Fsp3) is 0.360. The number of anilines is 1. The van der Waals surface area contributed by atoms with Crippen LogP contribution in [0.1, 0.15) is 48.4 Å². The lowest BCUT2D eigenvalue weighted by atomic mass is 9.90. The lowest BCUT2D eigenvalue weighted by molar-refractivity contribution is 0.308. The molecule has 1 aliphatic rings. The summed E-state index contributed by atoms with van der Waals surface area (Å²) in [6, 6.07) is 14.6. The number of pyridine rings is 1. The number of nitriles is 1. The van der Waals surface area contributed by atoms with Crippen molar-refractivity contribution in [3.05, 3.63) is 69.0 Å². The molecule has 0 saturated heterocycles. The molecule has 5 heteroatoms. The first kappa shape index (κ1) is 20.0. The first-order chi connectivity index (χ1) is 14.5. The third-order valence-electron chi connectivity index (χ3n) is 5.77. The van der Waals surface area contributed by atoms with E-state index >= 15 is 0 Å². The number of hydrogen-bond donors (Lipinski definition) is 1. The molecule has 2 heterocycles. The fourth-order valence-corrected chi connectivity index (χ4v) is 4.29. The van der Waals surface area contributed by atoms with Gasteiger partial charge < -0.3 is 14.6 Å². The molecule has 154 valence electrons. The van der Waals surface area contributed by atoms with E-state index in [4.69, 9.17) is 10.00 Å². The molecule has 1 N–H and O–H groups in total. The van der Waals surface area contributed by atoms with Crippen molar-refractivity contribution >= 4 is 16.6 Å². The zero-order valence-electron chi connectivity index (χ0n) is 17.8. The molecule has 0 fully saturated rings. The number of nitrogens with zero attached hydrogens (tertiary/aromatic N) is 2.